The minimum Gasteiger partial charge on any atom is -0.468 e. The summed E-state index contributed by atoms with van der Waals surface area (Å²) in [5, 5.41) is 0. The molecule has 0 saturated carbocycles. The van der Waals surface area contributed by atoms with E-state index in [0.29, 0.717) is 4.90 Å². The first-order valence-electron chi connectivity index (χ1n) is 6.07. The van der Waals surface area contributed by atoms with Crippen LogP contribution in [-0.4, -0.2) is 48.3 Å². The van der Waals surface area contributed by atoms with Crippen LogP contribution in [0.15, 0.2) is 0 Å². The smallest absolute Gasteiger partial charge is 0.417 e. The molecule has 2 amide bonds. The third-order valence-electron chi connectivity index (χ3n) is 2.80. The van der Waals surface area contributed by atoms with Gasteiger partial charge in [-0.2, -0.15) is 13.2 Å². The summed E-state index contributed by atoms with van der Waals surface area (Å²) in [6.45, 7) is 3.55. The van der Waals surface area contributed by atoms with Crippen LogP contribution in [-0.2, 0) is 19.1 Å². The molecule has 0 aliphatic carbocycles. The van der Waals surface area contributed by atoms with Crippen molar-refractivity contribution in [2.24, 2.45) is 11.8 Å². The molecule has 1 fully saturated rings. The zero-order valence-electron chi connectivity index (χ0n) is 12.0. The number of likely N-dealkylation sites (tertiary alicyclic amines) is 1. The van der Waals surface area contributed by atoms with Gasteiger partial charge in [-0.05, 0) is 20.8 Å². The normalized spacial score (nSPS) is 23.2. The molecule has 0 bridgehead atoms. The van der Waals surface area contributed by atoms with Crippen molar-refractivity contribution in [2.45, 2.75) is 32.5 Å². The summed E-state index contributed by atoms with van der Waals surface area (Å²) in [6, 6.07) is 0. The first kappa shape index (κ1) is 17.3. The maximum Gasteiger partial charge on any atom is 0.417 e. The standard InChI is InChI=1S/C12H16F3NO5/c1-11(2,3)21-10(19)16-5-6(12(13,14)15)7(8(16)17)9(18)20-4/h6-7H,5H2,1-4H3. The molecule has 21 heavy (non-hydrogen) atoms. The van der Waals surface area contributed by atoms with E-state index < -0.39 is 48.1 Å². The highest BCUT2D eigenvalue weighted by Crippen LogP contribution is 2.39. The van der Waals surface area contributed by atoms with Gasteiger partial charge >= 0.3 is 18.2 Å². The molecular weight excluding hydrogens is 295 g/mol. The maximum absolute atomic E-state index is 12.9. The molecule has 6 nitrogen and oxygen atoms in total. The van der Waals surface area contributed by atoms with Gasteiger partial charge < -0.3 is 9.47 Å². The van der Waals surface area contributed by atoms with Crippen molar-refractivity contribution in [3.8, 4) is 0 Å². The first-order chi connectivity index (χ1) is 9.38. The van der Waals surface area contributed by atoms with Gasteiger partial charge in [0, 0.05) is 6.54 Å². The second kappa shape index (κ2) is 5.53. The van der Waals surface area contributed by atoms with E-state index in [4.69, 9.17) is 4.74 Å². The SMILES string of the molecule is COC(=O)C1C(=O)N(C(=O)OC(C)(C)C)CC1C(F)(F)F. The van der Waals surface area contributed by atoms with Gasteiger partial charge in [0.05, 0.1) is 13.0 Å². The van der Waals surface area contributed by atoms with Crippen LogP contribution >= 0.6 is 0 Å². The van der Waals surface area contributed by atoms with Crippen LogP contribution < -0.4 is 0 Å². The number of amides is 2. The topological polar surface area (TPSA) is 72.9 Å². The number of hydrogen-bond acceptors (Lipinski definition) is 5. The molecule has 0 N–H and O–H groups in total. The van der Waals surface area contributed by atoms with E-state index in [-0.39, 0.29) is 0 Å². The lowest BCUT2D eigenvalue weighted by atomic mass is 9.95. The Morgan fingerprint density at radius 3 is 2.14 bits per heavy atom. The second-order valence-corrected chi connectivity index (χ2v) is 5.58. The lowest BCUT2D eigenvalue weighted by molar-refractivity contribution is -0.190. The van der Waals surface area contributed by atoms with E-state index in [1.807, 2.05) is 0 Å². The zero-order valence-corrected chi connectivity index (χ0v) is 12.0. The Balaban J connectivity index is 3.04. The van der Waals surface area contributed by atoms with Crippen molar-refractivity contribution >= 4 is 18.0 Å². The predicted octanol–water partition coefficient (Wildman–Crippen LogP) is 1.73. The van der Waals surface area contributed by atoms with Crippen molar-refractivity contribution < 1.29 is 37.0 Å². The molecule has 0 aromatic heterocycles. The fourth-order valence-electron chi connectivity index (χ4n) is 1.90. The van der Waals surface area contributed by atoms with Gasteiger partial charge in [0.1, 0.15) is 11.5 Å². The summed E-state index contributed by atoms with van der Waals surface area (Å²) in [5.74, 6) is -6.97. The van der Waals surface area contributed by atoms with Gasteiger partial charge in [0.15, 0.2) is 0 Å². The number of imide groups is 1. The summed E-state index contributed by atoms with van der Waals surface area (Å²) >= 11 is 0. The number of carbonyl (C=O) groups excluding carboxylic acids is 3. The minimum atomic E-state index is -4.81. The highest BCUT2D eigenvalue weighted by molar-refractivity contribution is 6.05. The van der Waals surface area contributed by atoms with Gasteiger partial charge in [0.25, 0.3) is 0 Å². The Bertz CT molecular complexity index is 455. The molecule has 2 atom stereocenters. The third kappa shape index (κ3) is 3.85. The van der Waals surface area contributed by atoms with E-state index in [2.05, 4.69) is 4.74 Å². The van der Waals surface area contributed by atoms with Gasteiger partial charge in [-0.25, -0.2) is 9.69 Å². The highest BCUT2D eigenvalue weighted by atomic mass is 19.4. The average Bonchev–Trinajstić information content (AvgIpc) is 2.63. The number of alkyl halides is 3. The van der Waals surface area contributed by atoms with Crippen LogP contribution in [0.5, 0.6) is 0 Å². The molecule has 1 heterocycles. The van der Waals surface area contributed by atoms with Gasteiger partial charge in [-0.15, -0.1) is 0 Å². The summed E-state index contributed by atoms with van der Waals surface area (Å²) in [5.41, 5.74) is -0.978. The lowest BCUT2D eigenvalue weighted by Gasteiger charge is -2.23. The average molecular weight is 311 g/mol. The molecule has 2 unspecified atom stereocenters. The third-order valence-corrected chi connectivity index (χ3v) is 2.80. The second-order valence-electron chi connectivity index (χ2n) is 5.58. The van der Waals surface area contributed by atoms with E-state index >= 15 is 0 Å². The number of halogens is 3. The van der Waals surface area contributed by atoms with Crippen molar-refractivity contribution in [1.29, 1.82) is 0 Å². The molecule has 1 aliphatic heterocycles. The number of ether oxygens (including phenoxy) is 2. The van der Waals surface area contributed by atoms with Crippen molar-refractivity contribution in [3.63, 3.8) is 0 Å². The summed E-state index contributed by atoms with van der Waals surface area (Å²) in [7, 11) is 0.874. The van der Waals surface area contributed by atoms with Crippen LogP contribution in [0.4, 0.5) is 18.0 Å². The molecule has 0 radical (unpaired) electrons. The van der Waals surface area contributed by atoms with E-state index in [9.17, 15) is 27.6 Å². The number of rotatable bonds is 1. The summed E-state index contributed by atoms with van der Waals surface area (Å²) < 4.78 is 47.8. The first-order valence-corrected chi connectivity index (χ1v) is 6.07. The summed E-state index contributed by atoms with van der Waals surface area (Å²) in [4.78, 5) is 35.4. The Morgan fingerprint density at radius 2 is 1.76 bits per heavy atom. The fourth-order valence-corrected chi connectivity index (χ4v) is 1.90. The van der Waals surface area contributed by atoms with E-state index in [1.165, 1.54) is 20.8 Å². The van der Waals surface area contributed by atoms with E-state index in [0.717, 1.165) is 7.11 Å². The number of carbonyl (C=O) groups is 3. The monoisotopic (exact) mass is 311 g/mol. The lowest BCUT2D eigenvalue weighted by Crippen LogP contribution is -2.39. The molecule has 0 aromatic rings. The molecule has 0 aromatic carbocycles. The maximum atomic E-state index is 12.9. The Hall–Kier alpha value is -1.80. The summed E-state index contributed by atoms with van der Waals surface area (Å²) in [6.07, 6.45) is -6.03. The van der Waals surface area contributed by atoms with Gasteiger partial charge in [0.2, 0.25) is 5.91 Å². The van der Waals surface area contributed by atoms with Crippen LogP contribution in [0.3, 0.4) is 0 Å². The van der Waals surface area contributed by atoms with Crippen LogP contribution in [0, 0.1) is 11.8 Å². The van der Waals surface area contributed by atoms with Gasteiger partial charge in [-0.3, -0.25) is 9.59 Å². The van der Waals surface area contributed by atoms with Crippen LogP contribution in [0.2, 0.25) is 0 Å². The molecular formula is C12H16F3NO5. The van der Waals surface area contributed by atoms with Crippen LogP contribution in [0.1, 0.15) is 20.8 Å². The van der Waals surface area contributed by atoms with Crippen molar-refractivity contribution in [1.82, 2.24) is 4.90 Å². The van der Waals surface area contributed by atoms with Crippen LogP contribution in [0.25, 0.3) is 0 Å². The molecule has 1 saturated heterocycles. The largest absolute Gasteiger partial charge is 0.468 e. The number of esters is 1. The Kier molecular flexibility index (Phi) is 4.54. The van der Waals surface area contributed by atoms with Gasteiger partial charge in [-0.1, -0.05) is 0 Å². The molecule has 1 rings (SSSR count). The van der Waals surface area contributed by atoms with E-state index in [1.54, 1.807) is 0 Å². The Morgan fingerprint density at radius 1 is 1.24 bits per heavy atom. The minimum absolute atomic E-state index is 0.297. The zero-order chi connectivity index (χ0) is 16.6. The number of nitrogens with zero attached hydrogens (tertiary/aromatic N) is 1. The van der Waals surface area contributed by atoms with Crippen molar-refractivity contribution in [2.75, 3.05) is 13.7 Å². The van der Waals surface area contributed by atoms with Crippen molar-refractivity contribution in [3.05, 3.63) is 0 Å². The molecule has 1 aliphatic rings. The molecule has 0 spiro atoms. The highest BCUT2D eigenvalue weighted by Gasteiger charge is 2.59. The molecule has 120 valence electrons. The number of methoxy groups -OCH3 is 1. The number of hydrogen-bond donors (Lipinski definition) is 0. The predicted molar refractivity (Wildman–Crippen MR) is 63.0 cm³/mol. The molecule has 9 heteroatoms. The quantitative estimate of drug-likeness (QED) is 0.545. The fraction of sp³-hybridized carbons (Fsp3) is 0.750. The Labute approximate surface area is 119 Å².